The number of carbonyl (C=O) groups excluding carboxylic acids is 1. The lowest BCUT2D eigenvalue weighted by Crippen LogP contribution is -2.25. The molecule has 0 atom stereocenters. The van der Waals surface area contributed by atoms with Gasteiger partial charge in [0.05, 0.1) is 11.1 Å². The van der Waals surface area contributed by atoms with Crippen molar-refractivity contribution in [1.82, 2.24) is 0 Å². The number of rotatable bonds is 6. The number of esters is 1. The van der Waals surface area contributed by atoms with E-state index < -0.39 is 29.8 Å². The lowest BCUT2D eigenvalue weighted by atomic mass is 9.68. The summed E-state index contributed by atoms with van der Waals surface area (Å²) in [7, 11) is 0. The number of hydrogen-bond acceptors (Lipinski definition) is 2. The monoisotopic (exact) mass is 458 g/mol. The van der Waals surface area contributed by atoms with E-state index in [1.807, 2.05) is 12.1 Å². The van der Waals surface area contributed by atoms with Crippen LogP contribution in [0.2, 0.25) is 0 Å². The van der Waals surface area contributed by atoms with Crippen LogP contribution in [0.4, 0.5) is 13.2 Å². The Hall–Kier alpha value is -2.30. The average molecular weight is 459 g/mol. The fourth-order valence-electron chi connectivity index (χ4n) is 5.82. The molecule has 2 aromatic carbocycles. The van der Waals surface area contributed by atoms with Crippen LogP contribution in [0.1, 0.15) is 92.1 Å². The van der Waals surface area contributed by atoms with Gasteiger partial charge in [-0.2, -0.15) is 0 Å². The molecule has 2 fully saturated rings. The van der Waals surface area contributed by atoms with Gasteiger partial charge in [0.15, 0.2) is 0 Å². The van der Waals surface area contributed by atoms with E-state index in [0.29, 0.717) is 11.5 Å². The lowest BCUT2D eigenvalue weighted by Gasteiger charge is -2.38. The van der Waals surface area contributed by atoms with Gasteiger partial charge in [-0.05, 0) is 79.9 Å². The molecule has 178 valence electrons. The molecule has 2 saturated carbocycles. The van der Waals surface area contributed by atoms with Gasteiger partial charge in [0.2, 0.25) is 0 Å². The molecule has 0 aliphatic heterocycles. The average Bonchev–Trinajstić information content (AvgIpc) is 2.84. The van der Waals surface area contributed by atoms with Crippen molar-refractivity contribution in [1.29, 1.82) is 0 Å². The number of hydrogen-bond donors (Lipinski definition) is 0. The lowest BCUT2D eigenvalue weighted by molar-refractivity contribution is 0.0734. The molecule has 0 heterocycles. The van der Waals surface area contributed by atoms with Crippen LogP contribution in [0.5, 0.6) is 5.75 Å². The van der Waals surface area contributed by atoms with Gasteiger partial charge in [-0.3, -0.25) is 0 Å². The number of benzene rings is 2. The van der Waals surface area contributed by atoms with Gasteiger partial charge in [0.1, 0.15) is 24.1 Å². The van der Waals surface area contributed by atoms with Gasteiger partial charge in [-0.15, -0.1) is 0 Å². The van der Waals surface area contributed by atoms with Gasteiger partial charge in [-0.25, -0.2) is 18.0 Å². The largest absolute Gasteiger partial charge is 0.423 e. The van der Waals surface area contributed by atoms with Crippen molar-refractivity contribution in [3.05, 3.63) is 64.7 Å². The molecule has 2 aromatic rings. The van der Waals surface area contributed by atoms with Crippen molar-refractivity contribution >= 4 is 5.97 Å². The zero-order valence-corrected chi connectivity index (χ0v) is 19.3. The van der Waals surface area contributed by atoms with Crippen LogP contribution in [0.3, 0.4) is 0 Å². The van der Waals surface area contributed by atoms with E-state index in [9.17, 15) is 18.0 Å². The molecule has 0 unspecified atom stereocenters. The third-order valence-electron chi connectivity index (χ3n) is 7.98. The van der Waals surface area contributed by atoms with Crippen LogP contribution in [-0.2, 0) is 6.67 Å². The molecule has 4 rings (SSSR count). The summed E-state index contributed by atoms with van der Waals surface area (Å²) in [5.74, 6) is 0.110. The predicted octanol–water partition coefficient (Wildman–Crippen LogP) is 8.14. The van der Waals surface area contributed by atoms with Gasteiger partial charge in [0.25, 0.3) is 0 Å². The van der Waals surface area contributed by atoms with E-state index in [-0.39, 0.29) is 5.75 Å². The molecular formula is C28H33F3O2. The molecule has 0 spiro atoms. The van der Waals surface area contributed by atoms with E-state index in [0.717, 1.165) is 29.9 Å². The highest BCUT2D eigenvalue weighted by atomic mass is 19.1. The van der Waals surface area contributed by atoms with Crippen molar-refractivity contribution in [2.24, 2.45) is 17.8 Å². The molecule has 0 saturated heterocycles. The minimum atomic E-state index is -1.25. The third kappa shape index (κ3) is 5.62. The van der Waals surface area contributed by atoms with E-state index in [2.05, 4.69) is 6.92 Å². The first-order valence-corrected chi connectivity index (χ1v) is 12.3. The highest BCUT2D eigenvalue weighted by molar-refractivity contribution is 5.91. The summed E-state index contributed by atoms with van der Waals surface area (Å²) in [4.78, 5) is 12.4. The first-order valence-electron chi connectivity index (χ1n) is 12.3. The second kappa shape index (κ2) is 10.8. The van der Waals surface area contributed by atoms with Gasteiger partial charge in [-0.1, -0.05) is 38.3 Å². The summed E-state index contributed by atoms with van der Waals surface area (Å²) in [6.07, 6.45) is 11.8. The normalized spacial score (nSPS) is 25.6. The fourth-order valence-corrected chi connectivity index (χ4v) is 5.82. The zero-order chi connectivity index (χ0) is 23.4. The summed E-state index contributed by atoms with van der Waals surface area (Å²) in [5, 5.41) is 0. The fraction of sp³-hybridized carbons (Fsp3) is 0.536. The van der Waals surface area contributed by atoms with Crippen LogP contribution < -0.4 is 4.74 Å². The van der Waals surface area contributed by atoms with Crippen molar-refractivity contribution in [2.75, 3.05) is 0 Å². The first kappa shape index (κ1) is 23.8. The van der Waals surface area contributed by atoms with Crippen molar-refractivity contribution in [3.8, 4) is 5.75 Å². The maximum absolute atomic E-state index is 13.7. The second-order valence-electron chi connectivity index (χ2n) is 9.81. The topological polar surface area (TPSA) is 26.3 Å². The minimum Gasteiger partial charge on any atom is -0.423 e. The smallest absolute Gasteiger partial charge is 0.343 e. The molecule has 0 amide bonds. The summed E-state index contributed by atoms with van der Waals surface area (Å²) in [6.45, 7) is 1.06. The number of alkyl halides is 1. The van der Waals surface area contributed by atoms with E-state index in [4.69, 9.17) is 4.74 Å². The minimum absolute atomic E-state index is 0.275. The molecule has 0 aromatic heterocycles. The molecule has 0 radical (unpaired) electrons. The first-order chi connectivity index (χ1) is 16.0. The maximum Gasteiger partial charge on any atom is 0.343 e. The van der Waals surface area contributed by atoms with Gasteiger partial charge in [0, 0.05) is 12.1 Å². The Bertz CT molecular complexity index is 917. The zero-order valence-electron chi connectivity index (χ0n) is 19.3. The van der Waals surface area contributed by atoms with Crippen LogP contribution >= 0.6 is 0 Å². The Morgan fingerprint density at radius 2 is 1.42 bits per heavy atom. The summed E-state index contributed by atoms with van der Waals surface area (Å²) in [5.41, 5.74) is 0.877. The molecule has 2 aliphatic rings. The van der Waals surface area contributed by atoms with Crippen molar-refractivity contribution in [2.45, 2.75) is 77.3 Å². The van der Waals surface area contributed by atoms with E-state index in [1.54, 1.807) is 12.1 Å². The molecule has 2 nitrogen and oxygen atoms in total. The second-order valence-corrected chi connectivity index (χ2v) is 9.81. The molecular weight excluding hydrogens is 425 g/mol. The van der Waals surface area contributed by atoms with E-state index in [1.165, 1.54) is 63.4 Å². The predicted molar refractivity (Wildman–Crippen MR) is 123 cm³/mol. The number of ether oxygens (including phenoxy) is 1. The summed E-state index contributed by atoms with van der Waals surface area (Å²) < 4.78 is 45.2. The summed E-state index contributed by atoms with van der Waals surface area (Å²) >= 11 is 0. The Labute approximate surface area is 194 Å². The number of carbonyl (C=O) groups is 1. The highest BCUT2D eigenvalue weighted by Crippen LogP contribution is 2.44. The number of halogens is 3. The third-order valence-corrected chi connectivity index (χ3v) is 7.98. The molecule has 33 heavy (non-hydrogen) atoms. The van der Waals surface area contributed by atoms with Gasteiger partial charge < -0.3 is 4.74 Å². The molecule has 0 bridgehead atoms. The van der Waals surface area contributed by atoms with Crippen LogP contribution in [0.25, 0.3) is 0 Å². The molecule has 2 aliphatic carbocycles. The standard InChI is InChI=1S/C28H33F3O2/c1-2-18-3-5-19(6-4-18)20-7-9-21(10-8-20)22-11-13-23(14-12-22)28(32)33-24-15-26(30)25(17-29)27(31)16-24/h11-16,18-21H,2-10,17H2,1H3/t18-,19-,20-,21-. The van der Waals surface area contributed by atoms with Crippen molar-refractivity contribution < 1.29 is 22.7 Å². The Morgan fingerprint density at radius 3 is 1.94 bits per heavy atom. The van der Waals surface area contributed by atoms with Gasteiger partial charge >= 0.3 is 5.97 Å². The Balaban J connectivity index is 1.31. The molecule has 5 heteroatoms. The van der Waals surface area contributed by atoms with Crippen LogP contribution in [0, 0.1) is 29.4 Å². The Morgan fingerprint density at radius 1 is 0.879 bits per heavy atom. The van der Waals surface area contributed by atoms with Crippen molar-refractivity contribution in [3.63, 3.8) is 0 Å². The molecule has 0 N–H and O–H groups in total. The Kier molecular flexibility index (Phi) is 7.77. The van der Waals surface area contributed by atoms with Crippen LogP contribution in [0.15, 0.2) is 36.4 Å². The highest BCUT2D eigenvalue weighted by Gasteiger charge is 2.31. The quantitative estimate of drug-likeness (QED) is 0.322. The maximum atomic E-state index is 13.7. The van der Waals surface area contributed by atoms with E-state index >= 15 is 0 Å². The SMILES string of the molecule is CC[C@H]1CC[C@H]([C@H]2CC[C@H](c3ccc(C(=O)Oc4cc(F)c(CF)c(F)c4)cc3)CC2)CC1. The summed E-state index contributed by atoms with van der Waals surface area (Å²) in [6, 6.07) is 8.99. The van der Waals surface area contributed by atoms with Crippen LogP contribution in [-0.4, -0.2) is 5.97 Å².